The Morgan fingerprint density at radius 3 is 2.54 bits per heavy atom. The van der Waals surface area contributed by atoms with Crippen molar-refractivity contribution in [1.29, 1.82) is 0 Å². The van der Waals surface area contributed by atoms with Crippen molar-refractivity contribution in [3.8, 4) is 16.9 Å². The highest BCUT2D eigenvalue weighted by atomic mass is 19.1. The molecule has 0 radical (unpaired) electrons. The SMILES string of the molecule is COc1cccc([C@@H]2OC(=O)N[C@H]2c2cccc(-c3ccc(F)cc3F)c2)c1. The van der Waals surface area contributed by atoms with E-state index in [1.807, 2.05) is 18.2 Å². The monoisotopic (exact) mass is 381 g/mol. The fraction of sp³-hybridized carbons (Fsp3) is 0.136. The third-order valence-electron chi connectivity index (χ3n) is 4.72. The van der Waals surface area contributed by atoms with E-state index in [0.717, 1.165) is 17.2 Å². The van der Waals surface area contributed by atoms with Crippen LogP contribution in [0.25, 0.3) is 11.1 Å². The van der Waals surface area contributed by atoms with Gasteiger partial charge in [0.1, 0.15) is 17.4 Å². The molecule has 3 aromatic rings. The van der Waals surface area contributed by atoms with E-state index in [1.54, 1.807) is 37.4 Å². The van der Waals surface area contributed by atoms with E-state index < -0.39 is 29.9 Å². The molecule has 1 amide bonds. The third kappa shape index (κ3) is 3.41. The average molecular weight is 381 g/mol. The van der Waals surface area contributed by atoms with Gasteiger partial charge >= 0.3 is 6.09 Å². The predicted octanol–water partition coefficient (Wildman–Crippen LogP) is 5.16. The van der Waals surface area contributed by atoms with Crippen LogP contribution in [0.4, 0.5) is 13.6 Å². The van der Waals surface area contributed by atoms with Crippen molar-refractivity contribution in [2.75, 3.05) is 7.11 Å². The molecule has 0 aliphatic carbocycles. The Labute approximate surface area is 160 Å². The highest BCUT2D eigenvalue weighted by Crippen LogP contribution is 2.39. The second kappa shape index (κ2) is 7.31. The summed E-state index contributed by atoms with van der Waals surface area (Å²) in [7, 11) is 1.57. The van der Waals surface area contributed by atoms with Gasteiger partial charge in [0.15, 0.2) is 6.10 Å². The number of nitrogens with one attached hydrogen (secondary N) is 1. The van der Waals surface area contributed by atoms with Gasteiger partial charge in [-0.3, -0.25) is 0 Å². The fourth-order valence-electron chi connectivity index (χ4n) is 3.38. The molecule has 3 aromatic carbocycles. The van der Waals surface area contributed by atoms with Gasteiger partial charge in [-0.1, -0.05) is 30.3 Å². The van der Waals surface area contributed by atoms with Crippen molar-refractivity contribution in [3.05, 3.63) is 89.5 Å². The number of amides is 1. The van der Waals surface area contributed by atoms with Crippen LogP contribution in [0.3, 0.4) is 0 Å². The molecule has 1 aliphatic heterocycles. The Kier molecular flexibility index (Phi) is 4.69. The molecule has 0 unspecified atom stereocenters. The van der Waals surface area contributed by atoms with Crippen LogP contribution in [-0.2, 0) is 4.74 Å². The van der Waals surface area contributed by atoms with Gasteiger partial charge in [0.05, 0.1) is 13.2 Å². The first-order valence-electron chi connectivity index (χ1n) is 8.71. The van der Waals surface area contributed by atoms with E-state index in [4.69, 9.17) is 9.47 Å². The van der Waals surface area contributed by atoms with Gasteiger partial charge in [-0.15, -0.1) is 0 Å². The zero-order valence-corrected chi connectivity index (χ0v) is 15.0. The highest BCUT2D eigenvalue weighted by molar-refractivity contribution is 5.72. The summed E-state index contributed by atoms with van der Waals surface area (Å²) in [5.74, 6) is -0.624. The molecule has 4 nitrogen and oxygen atoms in total. The number of methoxy groups -OCH3 is 1. The molecule has 1 heterocycles. The molecular formula is C22H17F2NO3. The molecule has 0 bridgehead atoms. The summed E-state index contributed by atoms with van der Waals surface area (Å²) in [6.45, 7) is 0. The molecule has 1 saturated heterocycles. The Bertz CT molecular complexity index is 1040. The topological polar surface area (TPSA) is 47.6 Å². The van der Waals surface area contributed by atoms with Crippen molar-refractivity contribution < 1.29 is 23.0 Å². The molecule has 1 fully saturated rings. The van der Waals surface area contributed by atoms with Gasteiger partial charge in [-0.25, -0.2) is 13.6 Å². The number of carbonyl (C=O) groups is 1. The molecule has 1 N–H and O–H groups in total. The molecule has 142 valence electrons. The standard InChI is InChI=1S/C22H17F2NO3/c1-27-17-7-3-6-15(11-17)21-20(25-22(26)28-21)14-5-2-4-13(10-14)18-9-8-16(23)12-19(18)24/h2-12,20-21H,1H3,(H,25,26)/t20-,21-/m0/s1. The lowest BCUT2D eigenvalue weighted by molar-refractivity contribution is 0.132. The Hall–Kier alpha value is -3.41. The second-order valence-corrected chi connectivity index (χ2v) is 6.47. The van der Waals surface area contributed by atoms with Crippen LogP contribution in [0.2, 0.25) is 0 Å². The van der Waals surface area contributed by atoms with Gasteiger partial charge in [0, 0.05) is 11.6 Å². The number of hydrogen-bond donors (Lipinski definition) is 1. The minimum Gasteiger partial charge on any atom is -0.497 e. The van der Waals surface area contributed by atoms with Crippen LogP contribution in [0.15, 0.2) is 66.7 Å². The summed E-state index contributed by atoms with van der Waals surface area (Å²) in [6, 6.07) is 17.4. The van der Waals surface area contributed by atoms with E-state index in [0.29, 0.717) is 11.3 Å². The Balaban J connectivity index is 1.71. The van der Waals surface area contributed by atoms with E-state index in [-0.39, 0.29) is 5.56 Å². The first-order valence-corrected chi connectivity index (χ1v) is 8.71. The predicted molar refractivity (Wildman–Crippen MR) is 99.9 cm³/mol. The number of rotatable bonds is 4. The lowest BCUT2D eigenvalue weighted by atomic mass is 9.93. The number of cyclic esters (lactones) is 1. The summed E-state index contributed by atoms with van der Waals surface area (Å²) in [5, 5.41) is 2.80. The van der Waals surface area contributed by atoms with Crippen LogP contribution < -0.4 is 10.1 Å². The van der Waals surface area contributed by atoms with Crippen LogP contribution in [-0.4, -0.2) is 13.2 Å². The van der Waals surface area contributed by atoms with Gasteiger partial charge in [-0.05, 0) is 47.0 Å². The molecule has 0 spiro atoms. The van der Waals surface area contributed by atoms with Gasteiger partial charge in [-0.2, -0.15) is 0 Å². The van der Waals surface area contributed by atoms with E-state index in [9.17, 15) is 13.6 Å². The summed E-state index contributed by atoms with van der Waals surface area (Å²) in [5.41, 5.74) is 2.40. The van der Waals surface area contributed by atoms with E-state index >= 15 is 0 Å². The normalized spacial score (nSPS) is 18.5. The zero-order valence-electron chi connectivity index (χ0n) is 15.0. The number of hydrogen-bond acceptors (Lipinski definition) is 3. The Morgan fingerprint density at radius 2 is 1.75 bits per heavy atom. The number of alkyl carbamates (subject to hydrolysis) is 1. The van der Waals surface area contributed by atoms with E-state index in [1.165, 1.54) is 12.1 Å². The zero-order chi connectivity index (χ0) is 19.7. The molecular weight excluding hydrogens is 364 g/mol. The van der Waals surface area contributed by atoms with Crippen LogP contribution in [0, 0.1) is 11.6 Å². The summed E-state index contributed by atoms with van der Waals surface area (Å²) in [6.07, 6.45) is -1.09. The second-order valence-electron chi connectivity index (χ2n) is 6.47. The lowest BCUT2D eigenvalue weighted by Crippen LogP contribution is -2.19. The largest absolute Gasteiger partial charge is 0.497 e. The quantitative estimate of drug-likeness (QED) is 0.679. The van der Waals surface area contributed by atoms with Crippen molar-refractivity contribution in [3.63, 3.8) is 0 Å². The van der Waals surface area contributed by atoms with Gasteiger partial charge in [0.25, 0.3) is 0 Å². The van der Waals surface area contributed by atoms with Gasteiger partial charge in [0.2, 0.25) is 0 Å². The molecule has 6 heteroatoms. The minimum atomic E-state index is -0.645. The maximum atomic E-state index is 14.2. The van der Waals surface area contributed by atoms with E-state index in [2.05, 4.69) is 5.32 Å². The Morgan fingerprint density at radius 1 is 0.964 bits per heavy atom. The third-order valence-corrected chi connectivity index (χ3v) is 4.72. The van der Waals surface area contributed by atoms with Crippen LogP contribution >= 0.6 is 0 Å². The number of halogens is 2. The molecule has 0 saturated carbocycles. The molecule has 2 atom stereocenters. The first-order chi connectivity index (χ1) is 13.5. The average Bonchev–Trinajstić information content (AvgIpc) is 3.10. The highest BCUT2D eigenvalue weighted by Gasteiger charge is 2.36. The molecule has 4 rings (SSSR count). The first kappa shape index (κ1) is 18.0. The number of ether oxygens (including phenoxy) is 2. The molecule has 1 aliphatic rings. The van der Waals surface area contributed by atoms with Crippen LogP contribution in [0.1, 0.15) is 23.3 Å². The summed E-state index contributed by atoms with van der Waals surface area (Å²) in [4.78, 5) is 11.9. The lowest BCUT2D eigenvalue weighted by Gasteiger charge is -2.19. The number of benzene rings is 3. The van der Waals surface area contributed by atoms with Gasteiger partial charge < -0.3 is 14.8 Å². The maximum absolute atomic E-state index is 14.2. The molecule has 0 aromatic heterocycles. The molecule has 28 heavy (non-hydrogen) atoms. The summed E-state index contributed by atoms with van der Waals surface area (Å²) >= 11 is 0. The smallest absolute Gasteiger partial charge is 0.408 e. The van der Waals surface area contributed by atoms with Crippen LogP contribution in [0.5, 0.6) is 5.75 Å². The minimum absolute atomic E-state index is 0.284. The van der Waals surface area contributed by atoms with Crippen molar-refractivity contribution >= 4 is 6.09 Å². The van der Waals surface area contributed by atoms with Crippen molar-refractivity contribution in [2.24, 2.45) is 0 Å². The van der Waals surface area contributed by atoms with Crippen molar-refractivity contribution in [2.45, 2.75) is 12.1 Å². The maximum Gasteiger partial charge on any atom is 0.408 e. The summed E-state index contributed by atoms with van der Waals surface area (Å²) < 4.78 is 38.1. The fourth-order valence-corrected chi connectivity index (χ4v) is 3.38. The number of carbonyl (C=O) groups excluding carboxylic acids is 1. The van der Waals surface area contributed by atoms with Crippen molar-refractivity contribution in [1.82, 2.24) is 5.32 Å².